The highest BCUT2D eigenvalue weighted by atomic mass is 15.0. The van der Waals surface area contributed by atoms with Crippen molar-refractivity contribution < 1.29 is 0 Å². The summed E-state index contributed by atoms with van der Waals surface area (Å²) >= 11 is 0. The molecule has 9 aromatic carbocycles. The molecule has 0 saturated heterocycles. The molecule has 5 nitrogen and oxygen atoms in total. The van der Waals surface area contributed by atoms with E-state index < -0.39 is 0 Å². The number of hydrogen-bond donors (Lipinski definition) is 0. The number of hydrogen-bond acceptors (Lipinski definition) is 5. The number of fused-ring (bicyclic) bond motifs is 3. The van der Waals surface area contributed by atoms with Gasteiger partial charge in [0, 0.05) is 50.6 Å². The first-order valence-electron chi connectivity index (χ1n) is 24.5. The zero-order chi connectivity index (χ0) is 47.2. The van der Waals surface area contributed by atoms with Crippen LogP contribution in [0.25, 0.3) is 90.3 Å². The number of aromatic nitrogens is 5. The van der Waals surface area contributed by atoms with Crippen molar-refractivity contribution in [2.24, 2.45) is 0 Å². The Hall–Kier alpha value is -8.93. The third-order valence-corrected chi connectivity index (χ3v) is 15.1. The van der Waals surface area contributed by atoms with E-state index in [1.807, 2.05) is 42.5 Å². The van der Waals surface area contributed by atoms with E-state index in [2.05, 4.69) is 196 Å². The van der Waals surface area contributed by atoms with Gasteiger partial charge in [-0.25, -0.2) is 24.9 Å². The molecule has 2 atom stereocenters. The average molecular weight is 908 g/mol. The molecule has 5 heteroatoms. The predicted octanol–water partition coefficient (Wildman–Crippen LogP) is 15.6. The van der Waals surface area contributed by atoms with Crippen LogP contribution in [0.1, 0.15) is 70.2 Å². The molecule has 0 saturated carbocycles. The summed E-state index contributed by atoms with van der Waals surface area (Å²) in [5.74, 6) is 2.75. The molecule has 2 aromatic heterocycles. The zero-order valence-corrected chi connectivity index (χ0v) is 39.3. The molecular formula is C66H45N5. The van der Waals surface area contributed by atoms with Crippen LogP contribution in [0.15, 0.2) is 224 Å². The first-order valence-corrected chi connectivity index (χ1v) is 24.5. The van der Waals surface area contributed by atoms with E-state index in [1.54, 1.807) is 0 Å². The highest BCUT2D eigenvalue weighted by Crippen LogP contribution is 2.57. The molecule has 334 valence electrons. The molecule has 2 unspecified atom stereocenters. The Labute approximate surface area is 413 Å². The van der Waals surface area contributed by atoms with Gasteiger partial charge in [0.25, 0.3) is 0 Å². The van der Waals surface area contributed by atoms with Crippen LogP contribution in [0.5, 0.6) is 0 Å². The van der Waals surface area contributed by atoms with E-state index in [1.165, 1.54) is 61.2 Å². The van der Waals surface area contributed by atoms with Crippen LogP contribution in [-0.4, -0.2) is 24.9 Å². The monoisotopic (exact) mass is 907 g/mol. The fraction of sp³-hybridized carbons (Fsp3) is 0.0758. The van der Waals surface area contributed by atoms with Gasteiger partial charge < -0.3 is 0 Å². The number of rotatable bonds is 7. The lowest BCUT2D eigenvalue weighted by molar-refractivity contribution is 0.660. The van der Waals surface area contributed by atoms with Gasteiger partial charge in [-0.05, 0) is 91.0 Å². The molecule has 0 aliphatic heterocycles. The SMILES string of the molecule is CC1(C)c2ccccc2-c2ccc(-c3ccccc3-c3cc(-c4ccc5c(c4)C4c6ccccc6C5c5cc(-c6nc(-c7ccccc7)nc(-c7ccccc7)n6)ccc54)nc(-c4ccccc4)n3)cc21. The van der Waals surface area contributed by atoms with Crippen molar-refractivity contribution in [3.05, 3.63) is 269 Å². The summed E-state index contributed by atoms with van der Waals surface area (Å²) in [6.45, 7) is 4.69. The second-order valence-corrected chi connectivity index (χ2v) is 19.5. The van der Waals surface area contributed by atoms with E-state index in [4.69, 9.17) is 24.9 Å². The van der Waals surface area contributed by atoms with Crippen molar-refractivity contribution in [2.75, 3.05) is 0 Å². The molecule has 2 bridgehead atoms. The standard InChI is InChI=1S/C66H45N5/c1-66(2)56-29-17-16-25-47(56)48-33-30-43(38-57(48)66)46-24-12-13-26-49(46)59-39-58(67-62(68-59)40-18-6-3-7-19-40)44-31-34-52-54(36-44)60-50-27-14-15-28-51(50)61(52)55-37-45(32-35-53(55)60)65-70-63(41-20-8-4-9-21-41)69-64(71-65)42-22-10-5-11-23-42/h3-39,60-61H,1-2H3. The topological polar surface area (TPSA) is 64.5 Å². The Balaban J connectivity index is 0.886. The van der Waals surface area contributed by atoms with Crippen LogP contribution in [0.2, 0.25) is 0 Å². The summed E-state index contributed by atoms with van der Waals surface area (Å²) in [7, 11) is 0. The maximum atomic E-state index is 5.36. The van der Waals surface area contributed by atoms with Gasteiger partial charge in [-0.3, -0.25) is 0 Å². The van der Waals surface area contributed by atoms with Crippen molar-refractivity contribution in [1.29, 1.82) is 0 Å². The number of benzene rings is 9. The molecule has 4 aliphatic rings. The van der Waals surface area contributed by atoms with E-state index in [0.29, 0.717) is 23.3 Å². The van der Waals surface area contributed by atoms with Gasteiger partial charge in [0.2, 0.25) is 0 Å². The summed E-state index contributed by atoms with van der Waals surface area (Å²) in [6.07, 6.45) is 0. The minimum Gasteiger partial charge on any atom is -0.228 e. The maximum absolute atomic E-state index is 5.36. The third kappa shape index (κ3) is 6.65. The molecular weight excluding hydrogens is 863 g/mol. The van der Waals surface area contributed by atoms with Crippen LogP contribution in [-0.2, 0) is 5.41 Å². The average Bonchev–Trinajstić information content (AvgIpc) is 3.68. The summed E-state index contributed by atoms with van der Waals surface area (Å²) in [4.78, 5) is 25.9. The van der Waals surface area contributed by atoms with Gasteiger partial charge >= 0.3 is 0 Å². The van der Waals surface area contributed by atoms with Crippen LogP contribution < -0.4 is 0 Å². The Morgan fingerprint density at radius 3 is 1.30 bits per heavy atom. The Morgan fingerprint density at radius 2 is 0.690 bits per heavy atom. The lowest BCUT2D eigenvalue weighted by atomic mass is 9.60. The molecule has 0 fully saturated rings. The van der Waals surface area contributed by atoms with Crippen molar-refractivity contribution in [1.82, 2.24) is 24.9 Å². The summed E-state index contributed by atoms with van der Waals surface area (Å²) < 4.78 is 0. The second kappa shape index (κ2) is 16.1. The summed E-state index contributed by atoms with van der Waals surface area (Å²) in [5, 5.41) is 0. The van der Waals surface area contributed by atoms with E-state index in [-0.39, 0.29) is 17.3 Å². The van der Waals surface area contributed by atoms with Crippen molar-refractivity contribution in [2.45, 2.75) is 31.1 Å². The molecule has 4 aliphatic carbocycles. The van der Waals surface area contributed by atoms with Crippen LogP contribution >= 0.6 is 0 Å². The van der Waals surface area contributed by atoms with Gasteiger partial charge in [0.1, 0.15) is 0 Å². The predicted molar refractivity (Wildman–Crippen MR) is 286 cm³/mol. The van der Waals surface area contributed by atoms with Crippen molar-refractivity contribution in [3.63, 3.8) is 0 Å². The molecule has 0 radical (unpaired) electrons. The molecule has 15 rings (SSSR count). The fourth-order valence-electron chi connectivity index (χ4n) is 11.7. The van der Waals surface area contributed by atoms with E-state index in [9.17, 15) is 0 Å². The van der Waals surface area contributed by atoms with Crippen molar-refractivity contribution >= 4 is 0 Å². The van der Waals surface area contributed by atoms with E-state index >= 15 is 0 Å². The molecule has 2 heterocycles. The van der Waals surface area contributed by atoms with E-state index in [0.717, 1.165) is 50.3 Å². The lowest BCUT2D eigenvalue weighted by Gasteiger charge is -2.42. The Kier molecular flexibility index (Phi) is 9.30. The van der Waals surface area contributed by atoms with Crippen LogP contribution in [0.3, 0.4) is 0 Å². The quantitative estimate of drug-likeness (QED) is 0.159. The number of nitrogens with zero attached hydrogens (tertiary/aromatic N) is 5. The van der Waals surface area contributed by atoms with Crippen molar-refractivity contribution in [3.8, 4) is 90.3 Å². The van der Waals surface area contributed by atoms with Crippen LogP contribution in [0, 0.1) is 0 Å². The van der Waals surface area contributed by atoms with Gasteiger partial charge in [0.15, 0.2) is 23.3 Å². The third-order valence-electron chi connectivity index (χ3n) is 15.1. The molecule has 0 amide bonds. The van der Waals surface area contributed by atoms with Gasteiger partial charge in [0.05, 0.1) is 11.4 Å². The molecule has 0 spiro atoms. The highest BCUT2D eigenvalue weighted by Gasteiger charge is 2.42. The van der Waals surface area contributed by atoms with Crippen LogP contribution in [0.4, 0.5) is 0 Å². The first-order chi connectivity index (χ1) is 34.9. The smallest absolute Gasteiger partial charge is 0.164 e. The lowest BCUT2D eigenvalue weighted by Crippen LogP contribution is -2.27. The normalized spacial score (nSPS) is 15.3. The summed E-state index contributed by atoms with van der Waals surface area (Å²) in [6, 6.07) is 80.3. The Bertz CT molecular complexity index is 3860. The highest BCUT2D eigenvalue weighted by molar-refractivity contribution is 5.89. The Morgan fingerprint density at radius 1 is 0.268 bits per heavy atom. The van der Waals surface area contributed by atoms with Gasteiger partial charge in [-0.2, -0.15) is 0 Å². The van der Waals surface area contributed by atoms with Gasteiger partial charge in [-0.1, -0.05) is 214 Å². The van der Waals surface area contributed by atoms with Gasteiger partial charge in [-0.15, -0.1) is 0 Å². The maximum Gasteiger partial charge on any atom is 0.164 e. The minimum atomic E-state index is -0.109. The molecule has 71 heavy (non-hydrogen) atoms. The zero-order valence-electron chi connectivity index (χ0n) is 39.3. The fourth-order valence-corrected chi connectivity index (χ4v) is 11.7. The first kappa shape index (κ1) is 41.1. The summed E-state index contributed by atoms with van der Waals surface area (Å²) in [5.41, 5.74) is 23.3. The largest absolute Gasteiger partial charge is 0.228 e. The molecule has 11 aromatic rings. The minimum absolute atomic E-state index is 0.0389. The molecule has 0 N–H and O–H groups in total. The second-order valence-electron chi connectivity index (χ2n) is 19.5.